The molecule has 0 bridgehead atoms. The van der Waals surface area contributed by atoms with Crippen molar-refractivity contribution in [1.29, 1.82) is 0 Å². The summed E-state index contributed by atoms with van der Waals surface area (Å²) in [6.07, 6.45) is 2.30. The second kappa shape index (κ2) is 6.13. The van der Waals surface area contributed by atoms with E-state index >= 15 is 0 Å². The molecule has 1 fully saturated rings. The lowest BCUT2D eigenvalue weighted by atomic mass is 9.91. The Morgan fingerprint density at radius 2 is 1.94 bits per heavy atom. The van der Waals surface area contributed by atoms with Gasteiger partial charge in [-0.1, -0.05) is 0 Å². The summed E-state index contributed by atoms with van der Waals surface area (Å²) in [5, 5.41) is 3.26. The summed E-state index contributed by atoms with van der Waals surface area (Å²) in [7, 11) is 0.434. The van der Waals surface area contributed by atoms with Crippen molar-refractivity contribution in [2.24, 2.45) is 0 Å². The van der Waals surface area contributed by atoms with E-state index in [0.717, 1.165) is 12.8 Å². The zero-order chi connectivity index (χ0) is 12.9. The number of rotatable bonds is 6. The molecule has 1 rings (SSSR count). The van der Waals surface area contributed by atoms with E-state index in [4.69, 9.17) is 4.74 Å². The van der Waals surface area contributed by atoms with Gasteiger partial charge in [0.1, 0.15) is 0 Å². The summed E-state index contributed by atoms with van der Waals surface area (Å²) >= 11 is 0. The van der Waals surface area contributed by atoms with Crippen molar-refractivity contribution in [2.75, 3.05) is 39.6 Å². The van der Waals surface area contributed by atoms with E-state index in [1.807, 2.05) is 7.05 Å². The largest absolute Gasteiger partial charge is 0.385 e. The number of nitrogens with zero attached hydrogens (tertiary/aromatic N) is 1. The van der Waals surface area contributed by atoms with Crippen LogP contribution in [0, 0.1) is 0 Å². The van der Waals surface area contributed by atoms with Crippen molar-refractivity contribution >= 4 is 10.0 Å². The molecule has 0 aromatic rings. The third-order valence-electron chi connectivity index (χ3n) is 3.57. The number of piperidine rings is 1. The van der Waals surface area contributed by atoms with Gasteiger partial charge in [0.25, 0.3) is 0 Å². The number of nitrogens with one attached hydrogen (secondary N) is 1. The summed E-state index contributed by atoms with van der Waals surface area (Å²) in [6.45, 7) is 3.88. The van der Waals surface area contributed by atoms with Gasteiger partial charge in [0.15, 0.2) is 0 Å². The SMILES string of the molecule is CNC1(C)CCN(S(=O)(=O)CCCOC)CC1. The Morgan fingerprint density at radius 1 is 1.35 bits per heavy atom. The molecule has 5 nitrogen and oxygen atoms in total. The van der Waals surface area contributed by atoms with Crippen molar-refractivity contribution in [3.63, 3.8) is 0 Å². The fourth-order valence-corrected chi connectivity index (χ4v) is 3.50. The first-order valence-corrected chi connectivity index (χ1v) is 7.70. The van der Waals surface area contributed by atoms with Crippen LogP contribution in [0.25, 0.3) is 0 Å². The lowest BCUT2D eigenvalue weighted by molar-refractivity contribution is 0.197. The Bertz CT molecular complexity index is 322. The second-order valence-corrected chi connectivity index (χ2v) is 6.96. The van der Waals surface area contributed by atoms with Crippen LogP contribution >= 0.6 is 0 Å². The Kier molecular flexibility index (Phi) is 5.37. The van der Waals surface area contributed by atoms with E-state index in [2.05, 4.69) is 12.2 Å². The van der Waals surface area contributed by atoms with Crippen LogP contribution in [-0.4, -0.2) is 57.9 Å². The minimum Gasteiger partial charge on any atom is -0.385 e. The summed E-state index contributed by atoms with van der Waals surface area (Å²) in [5.74, 6) is 0.192. The number of hydrogen-bond donors (Lipinski definition) is 1. The highest BCUT2D eigenvalue weighted by atomic mass is 32.2. The van der Waals surface area contributed by atoms with Crippen molar-refractivity contribution in [3.05, 3.63) is 0 Å². The molecule has 0 aliphatic carbocycles. The van der Waals surface area contributed by atoms with Crippen LogP contribution in [0.4, 0.5) is 0 Å². The van der Waals surface area contributed by atoms with Gasteiger partial charge in [-0.3, -0.25) is 0 Å². The van der Waals surface area contributed by atoms with Gasteiger partial charge in [-0.15, -0.1) is 0 Å². The summed E-state index contributed by atoms with van der Waals surface area (Å²) in [4.78, 5) is 0. The molecule has 1 aliphatic rings. The van der Waals surface area contributed by atoms with Crippen LogP contribution in [0.3, 0.4) is 0 Å². The molecule has 0 atom stereocenters. The maximum atomic E-state index is 12.0. The predicted molar refractivity (Wildman–Crippen MR) is 68.6 cm³/mol. The first-order chi connectivity index (χ1) is 7.93. The van der Waals surface area contributed by atoms with Crippen LogP contribution in [0.5, 0.6) is 0 Å². The molecule has 17 heavy (non-hydrogen) atoms. The molecule has 0 radical (unpaired) electrons. The van der Waals surface area contributed by atoms with E-state index in [1.54, 1.807) is 11.4 Å². The lowest BCUT2D eigenvalue weighted by Crippen LogP contribution is -2.51. The molecule has 1 N–H and O–H groups in total. The Balaban J connectivity index is 2.47. The van der Waals surface area contributed by atoms with Gasteiger partial charge < -0.3 is 10.1 Å². The van der Waals surface area contributed by atoms with E-state index < -0.39 is 10.0 Å². The molecule has 6 heteroatoms. The normalized spacial score (nSPS) is 21.6. The first-order valence-electron chi connectivity index (χ1n) is 6.09. The molecule has 1 saturated heterocycles. The Morgan fingerprint density at radius 3 is 2.41 bits per heavy atom. The third-order valence-corrected chi connectivity index (χ3v) is 5.53. The van der Waals surface area contributed by atoms with Crippen molar-refractivity contribution in [2.45, 2.75) is 31.7 Å². The molecular formula is C11H24N2O3S. The van der Waals surface area contributed by atoms with Crippen LogP contribution in [-0.2, 0) is 14.8 Å². The zero-order valence-corrected chi connectivity index (χ0v) is 11.8. The monoisotopic (exact) mass is 264 g/mol. The minimum atomic E-state index is -3.09. The highest BCUT2D eigenvalue weighted by Gasteiger charge is 2.33. The fraction of sp³-hybridized carbons (Fsp3) is 1.00. The highest BCUT2D eigenvalue weighted by Crippen LogP contribution is 2.23. The number of methoxy groups -OCH3 is 1. The number of ether oxygens (including phenoxy) is 1. The highest BCUT2D eigenvalue weighted by molar-refractivity contribution is 7.89. The first kappa shape index (κ1) is 14.9. The van der Waals surface area contributed by atoms with E-state index in [9.17, 15) is 8.42 Å². The zero-order valence-electron chi connectivity index (χ0n) is 11.0. The van der Waals surface area contributed by atoms with Gasteiger partial charge in [-0.05, 0) is 33.2 Å². The minimum absolute atomic E-state index is 0.0819. The Hall–Kier alpha value is -0.170. The van der Waals surface area contributed by atoms with Crippen LogP contribution in [0.2, 0.25) is 0 Å². The third kappa shape index (κ3) is 4.21. The summed E-state index contributed by atoms with van der Waals surface area (Å²) in [6, 6.07) is 0. The number of sulfonamides is 1. The topological polar surface area (TPSA) is 58.6 Å². The molecule has 1 heterocycles. The van der Waals surface area contributed by atoms with Gasteiger partial charge in [0.05, 0.1) is 5.75 Å². The average Bonchev–Trinajstić information content (AvgIpc) is 2.30. The average molecular weight is 264 g/mol. The molecule has 0 amide bonds. The molecule has 0 unspecified atom stereocenters. The predicted octanol–water partition coefficient (Wildman–Crippen LogP) is 0.427. The standard InChI is InChI=1S/C11H24N2O3S/c1-11(12-2)5-7-13(8-6-11)17(14,15)10-4-9-16-3/h12H,4-10H2,1-3H3. The lowest BCUT2D eigenvalue weighted by Gasteiger charge is -2.38. The molecule has 0 saturated carbocycles. The molecule has 0 spiro atoms. The van der Waals surface area contributed by atoms with Crippen molar-refractivity contribution in [3.8, 4) is 0 Å². The van der Waals surface area contributed by atoms with Crippen LogP contribution in [0.1, 0.15) is 26.2 Å². The number of hydrogen-bond acceptors (Lipinski definition) is 4. The van der Waals surface area contributed by atoms with Gasteiger partial charge in [0, 0.05) is 32.3 Å². The molecule has 102 valence electrons. The quantitative estimate of drug-likeness (QED) is 0.707. The van der Waals surface area contributed by atoms with Crippen molar-refractivity contribution < 1.29 is 13.2 Å². The maximum absolute atomic E-state index is 12.0. The van der Waals surface area contributed by atoms with Gasteiger partial charge in [-0.25, -0.2) is 12.7 Å². The van der Waals surface area contributed by atoms with Gasteiger partial charge >= 0.3 is 0 Å². The van der Waals surface area contributed by atoms with E-state index in [1.165, 1.54) is 0 Å². The van der Waals surface area contributed by atoms with Crippen molar-refractivity contribution in [1.82, 2.24) is 9.62 Å². The Labute approximate surface area is 105 Å². The fourth-order valence-electron chi connectivity index (χ4n) is 2.02. The van der Waals surface area contributed by atoms with Crippen LogP contribution < -0.4 is 5.32 Å². The summed E-state index contributed by atoms with van der Waals surface area (Å²) < 4.78 is 30.5. The smallest absolute Gasteiger partial charge is 0.214 e. The van der Waals surface area contributed by atoms with Gasteiger partial charge in [0.2, 0.25) is 10.0 Å². The molecular weight excluding hydrogens is 240 g/mol. The van der Waals surface area contributed by atoms with E-state index in [-0.39, 0.29) is 11.3 Å². The molecule has 1 aliphatic heterocycles. The van der Waals surface area contributed by atoms with Crippen LogP contribution in [0.15, 0.2) is 0 Å². The van der Waals surface area contributed by atoms with Gasteiger partial charge in [-0.2, -0.15) is 0 Å². The second-order valence-electron chi connectivity index (χ2n) is 4.87. The summed E-state index contributed by atoms with van der Waals surface area (Å²) in [5.41, 5.74) is 0.0819. The molecule has 0 aromatic heterocycles. The maximum Gasteiger partial charge on any atom is 0.214 e. The molecule has 0 aromatic carbocycles. The van der Waals surface area contributed by atoms with E-state index in [0.29, 0.717) is 26.1 Å².